The molecule has 138 valence electrons. The first kappa shape index (κ1) is 17.0. The van der Waals surface area contributed by atoms with Gasteiger partial charge in [0.2, 0.25) is 5.95 Å². The Hall–Kier alpha value is -3.42. The Labute approximate surface area is 156 Å². The van der Waals surface area contributed by atoms with Gasteiger partial charge in [-0.3, -0.25) is 5.10 Å². The minimum Gasteiger partial charge on any atom is -0.469 e. The summed E-state index contributed by atoms with van der Waals surface area (Å²) >= 11 is 0. The number of furan rings is 1. The second kappa shape index (κ2) is 7.06. The second-order valence-corrected chi connectivity index (χ2v) is 6.43. The first-order valence-corrected chi connectivity index (χ1v) is 8.66. The van der Waals surface area contributed by atoms with Crippen LogP contribution in [0.1, 0.15) is 17.0 Å². The van der Waals surface area contributed by atoms with Gasteiger partial charge in [0.15, 0.2) is 5.76 Å². The molecular weight excluding hydrogens is 344 g/mol. The maximum atomic E-state index is 5.48. The van der Waals surface area contributed by atoms with Crippen LogP contribution in [-0.4, -0.2) is 38.9 Å². The average molecular weight is 364 g/mol. The molecule has 8 nitrogen and oxygen atoms in total. The van der Waals surface area contributed by atoms with Crippen LogP contribution in [0.3, 0.4) is 0 Å². The summed E-state index contributed by atoms with van der Waals surface area (Å²) < 4.78 is 10.9. The highest BCUT2D eigenvalue weighted by Crippen LogP contribution is 2.33. The van der Waals surface area contributed by atoms with E-state index < -0.39 is 0 Å². The summed E-state index contributed by atoms with van der Waals surface area (Å²) in [7, 11) is 1.97. The van der Waals surface area contributed by atoms with Crippen molar-refractivity contribution in [1.29, 1.82) is 0 Å². The molecule has 1 N–H and O–H groups in total. The van der Waals surface area contributed by atoms with Crippen molar-refractivity contribution in [3.05, 3.63) is 54.0 Å². The fourth-order valence-corrected chi connectivity index (χ4v) is 2.87. The lowest BCUT2D eigenvalue weighted by Crippen LogP contribution is -2.22. The number of hydrogen-bond acceptors (Lipinski definition) is 7. The standard InChI is InChI=1S/C19H20N6O2/c1-12-8-17(27-24-12)16-11-20-19(23-18(16)15-5-7-26-13(15)2)25(3)6-4-14-9-21-22-10-14/h5,7-11H,4,6H2,1-3H3,(H,21,22). The molecule has 0 fully saturated rings. The van der Waals surface area contributed by atoms with Crippen molar-refractivity contribution in [2.75, 3.05) is 18.5 Å². The molecule has 8 heteroatoms. The largest absolute Gasteiger partial charge is 0.469 e. The van der Waals surface area contributed by atoms with Crippen LogP contribution in [0, 0.1) is 13.8 Å². The molecule has 4 rings (SSSR count). The zero-order chi connectivity index (χ0) is 18.8. The molecule has 0 atom stereocenters. The van der Waals surface area contributed by atoms with Crippen LogP contribution >= 0.6 is 0 Å². The smallest absolute Gasteiger partial charge is 0.225 e. The maximum absolute atomic E-state index is 5.48. The minimum atomic E-state index is 0.633. The highest BCUT2D eigenvalue weighted by Gasteiger charge is 2.19. The molecule has 0 aliphatic rings. The monoisotopic (exact) mass is 364 g/mol. The average Bonchev–Trinajstić information content (AvgIpc) is 3.41. The Morgan fingerprint density at radius 3 is 2.74 bits per heavy atom. The molecule has 0 saturated carbocycles. The van der Waals surface area contributed by atoms with Crippen molar-refractivity contribution >= 4 is 5.95 Å². The summed E-state index contributed by atoms with van der Waals surface area (Å²) in [5.41, 5.74) is 4.40. The van der Waals surface area contributed by atoms with E-state index in [0.29, 0.717) is 11.7 Å². The predicted octanol–water partition coefficient (Wildman–Crippen LogP) is 3.41. The molecule has 4 aromatic rings. The fraction of sp³-hybridized carbons (Fsp3) is 0.263. The van der Waals surface area contributed by atoms with Crippen molar-refractivity contribution in [2.45, 2.75) is 20.3 Å². The first-order valence-electron chi connectivity index (χ1n) is 8.66. The van der Waals surface area contributed by atoms with E-state index in [1.54, 1.807) is 12.5 Å². The number of aromatic amines is 1. The number of rotatable bonds is 6. The zero-order valence-electron chi connectivity index (χ0n) is 15.4. The highest BCUT2D eigenvalue weighted by molar-refractivity contribution is 5.79. The minimum absolute atomic E-state index is 0.633. The molecule has 0 spiro atoms. The molecule has 0 saturated heterocycles. The number of aryl methyl sites for hydroxylation is 2. The van der Waals surface area contributed by atoms with Gasteiger partial charge in [-0.25, -0.2) is 9.97 Å². The van der Waals surface area contributed by atoms with Crippen molar-refractivity contribution < 1.29 is 8.94 Å². The number of aromatic nitrogens is 5. The van der Waals surface area contributed by atoms with Gasteiger partial charge >= 0.3 is 0 Å². The second-order valence-electron chi connectivity index (χ2n) is 6.43. The lowest BCUT2D eigenvalue weighted by atomic mass is 10.1. The van der Waals surface area contributed by atoms with Crippen molar-refractivity contribution in [3.8, 4) is 22.6 Å². The van der Waals surface area contributed by atoms with Gasteiger partial charge in [-0.05, 0) is 31.9 Å². The van der Waals surface area contributed by atoms with Crippen molar-refractivity contribution in [1.82, 2.24) is 25.3 Å². The summed E-state index contributed by atoms with van der Waals surface area (Å²) in [6.07, 6.45) is 8.00. The molecule has 0 unspecified atom stereocenters. The quantitative estimate of drug-likeness (QED) is 0.560. The van der Waals surface area contributed by atoms with E-state index in [2.05, 4.69) is 20.3 Å². The fourth-order valence-electron chi connectivity index (χ4n) is 2.87. The molecule has 0 radical (unpaired) electrons. The van der Waals surface area contributed by atoms with E-state index in [-0.39, 0.29) is 0 Å². The van der Waals surface area contributed by atoms with Crippen molar-refractivity contribution in [3.63, 3.8) is 0 Å². The molecule has 0 aliphatic carbocycles. The molecular formula is C19H20N6O2. The van der Waals surface area contributed by atoms with Crippen LogP contribution in [-0.2, 0) is 6.42 Å². The summed E-state index contributed by atoms with van der Waals surface area (Å²) in [6, 6.07) is 3.78. The van der Waals surface area contributed by atoms with Gasteiger partial charge < -0.3 is 13.8 Å². The first-order chi connectivity index (χ1) is 13.1. The van der Waals surface area contributed by atoms with Crippen LogP contribution in [0.25, 0.3) is 22.6 Å². The number of nitrogens with zero attached hydrogens (tertiary/aromatic N) is 5. The lowest BCUT2D eigenvalue weighted by molar-refractivity contribution is 0.427. The third kappa shape index (κ3) is 3.46. The molecule has 0 bridgehead atoms. The van der Waals surface area contributed by atoms with Gasteiger partial charge in [-0.15, -0.1) is 0 Å². The molecule has 4 heterocycles. The topological polar surface area (TPSA) is 96.9 Å². The Morgan fingerprint density at radius 2 is 2.07 bits per heavy atom. The molecule has 0 aliphatic heterocycles. The van der Waals surface area contributed by atoms with E-state index in [4.69, 9.17) is 13.9 Å². The predicted molar refractivity (Wildman–Crippen MR) is 100 cm³/mol. The summed E-state index contributed by atoms with van der Waals surface area (Å²) in [4.78, 5) is 11.4. The van der Waals surface area contributed by atoms with Gasteiger partial charge in [-0.1, -0.05) is 5.16 Å². The highest BCUT2D eigenvalue weighted by atomic mass is 16.5. The Kier molecular flexibility index (Phi) is 4.45. The van der Waals surface area contributed by atoms with Gasteiger partial charge in [0.25, 0.3) is 0 Å². The molecule has 27 heavy (non-hydrogen) atoms. The van der Waals surface area contributed by atoms with Gasteiger partial charge in [0.1, 0.15) is 5.76 Å². The molecule has 0 amide bonds. The van der Waals surface area contributed by atoms with Crippen LogP contribution in [0.2, 0.25) is 0 Å². The van der Waals surface area contributed by atoms with Gasteiger partial charge in [-0.2, -0.15) is 5.10 Å². The number of likely N-dealkylation sites (N-methyl/N-ethyl adjacent to an activating group) is 1. The van der Waals surface area contributed by atoms with Crippen LogP contribution in [0.15, 0.2) is 45.9 Å². The third-order valence-electron chi connectivity index (χ3n) is 4.42. The van der Waals surface area contributed by atoms with E-state index in [9.17, 15) is 0 Å². The Morgan fingerprint density at radius 1 is 1.19 bits per heavy atom. The van der Waals surface area contributed by atoms with Gasteiger partial charge in [0.05, 0.1) is 29.4 Å². The number of anilines is 1. The Bertz CT molecular complexity index is 1030. The van der Waals surface area contributed by atoms with E-state index in [0.717, 1.165) is 46.8 Å². The summed E-state index contributed by atoms with van der Waals surface area (Å²) in [6.45, 7) is 4.56. The normalized spacial score (nSPS) is 11.1. The van der Waals surface area contributed by atoms with Gasteiger partial charge in [0, 0.05) is 37.6 Å². The maximum Gasteiger partial charge on any atom is 0.225 e. The van der Waals surface area contributed by atoms with Crippen molar-refractivity contribution in [2.24, 2.45) is 0 Å². The lowest BCUT2D eigenvalue weighted by Gasteiger charge is -2.18. The van der Waals surface area contributed by atoms with Crippen LogP contribution in [0.4, 0.5) is 5.95 Å². The van der Waals surface area contributed by atoms with E-state index in [1.165, 1.54) is 0 Å². The Balaban J connectivity index is 1.69. The molecule has 4 aromatic heterocycles. The van der Waals surface area contributed by atoms with Crippen LogP contribution in [0.5, 0.6) is 0 Å². The molecule has 0 aromatic carbocycles. The summed E-state index contributed by atoms with van der Waals surface area (Å²) in [5.74, 6) is 2.06. The SMILES string of the molecule is Cc1cc(-c2cnc(N(C)CCc3cn[nH]c3)nc2-c2ccoc2C)on1. The van der Waals surface area contributed by atoms with E-state index >= 15 is 0 Å². The number of hydrogen-bond donors (Lipinski definition) is 1. The van der Waals surface area contributed by atoms with Crippen LogP contribution < -0.4 is 4.90 Å². The van der Waals surface area contributed by atoms with E-state index in [1.807, 2.05) is 50.3 Å². The number of nitrogens with one attached hydrogen (secondary N) is 1. The summed E-state index contributed by atoms with van der Waals surface area (Å²) in [5, 5.41) is 10.8. The zero-order valence-corrected chi connectivity index (χ0v) is 15.4. The number of H-pyrrole nitrogens is 1. The third-order valence-corrected chi connectivity index (χ3v) is 4.42.